The van der Waals surface area contributed by atoms with E-state index in [4.69, 9.17) is 9.84 Å². The zero-order chi connectivity index (χ0) is 25.2. The zero-order valence-corrected chi connectivity index (χ0v) is 19.3. The van der Waals surface area contributed by atoms with Crippen LogP contribution in [0.2, 0.25) is 0 Å². The lowest BCUT2D eigenvalue weighted by Crippen LogP contribution is -2.40. The molecular formula is C26H28F2N2O5. The molecule has 0 bridgehead atoms. The van der Waals surface area contributed by atoms with Gasteiger partial charge in [-0.25, -0.2) is 13.6 Å². The number of carboxylic acid groups (broad SMARTS) is 1. The molecule has 0 saturated heterocycles. The fourth-order valence-electron chi connectivity index (χ4n) is 4.88. The van der Waals surface area contributed by atoms with Gasteiger partial charge in [-0.1, -0.05) is 61.9 Å². The smallest absolute Gasteiger partial charge is 0.407 e. The lowest BCUT2D eigenvalue weighted by molar-refractivity contribution is -0.141. The van der Waals surface area contributed by atoms with Crippen LogP contribution in [-0.4, -0.2) is 48.2 Å². The third-order valence-electron chi connectivity index (χ3n) is 6.72. The van der Waals surface area contributed by atoms with E-state index in [1.165, 1.54) is 0 Å². The molecule has 2 aromatic rings. The minimum Gasteiger partial charge on any atom is -0.481 e. The van der Waals surface area contributed by atoms with Crippen LogP contribution in [0.4, 0.5) is 13.6 Å². The molecular weight excluding hydrogens is 458 g/mol. The number of alkyl carbamates (subject to hydrolysis) is 1. The van der Waals surface area contributed by atoms with Gasteiger partial charge in [0, 0.05) is 24.9 Å². The van der Waals surface area contributed by atoms with Crippen LogP contribution in [-0.2, 0) is 14.3 Å². The molecule has 0 aliphatic heterocycles. The van der Waals surface area contributed by atoms with Crippen molar-refractivity contribution < 1.29 is 33.0 Å². The summed E-state index contributed by atoms with van der Waals surface area (Å²) in [4.78, 5) is 35.7. The number of hydrogen-bond acceptors (Lipinski definition) is 4. The van der Waals surface area contributed by atoms with Crippen LogP contribution in [0.15, 0.2) is 48.5 Å². The van der Waals surface area contributed by atoms with E-state index in [1.54, 1.807) is 0 Å². The van der Waals surface area contributed by atoms with Crippen LogP contribution in [0, 0.1) is 11.8 Å². The van der Waals surface area contributed by atoms with Gasteiger partial charge in [0.25, 0.3) is 5.92 Å². The molecule has 2 aliphatic rings. The second kappa shape index (κ2) is 10.0. The van der Waals surface area contributed by atoms with E-state index in [9.17, 15) is 23.2 Å². The number of nitrogens with one attached hydrogen (secondary N) is 2. The van der Waals surface area contributed by atoms with Gasteiger partial charge in [-0.05, 0) is 28.7 Å². The molecule has 3 atom stereocenters. The van der Waals surface area contributed by atoms with E-state index >= 15 is 0 Å². The third kappa shape index (κ3) is 5.13. The van der Waals surface area contributed by atoms with Crippen LogP contribution in [0.3, 0.4) is 0 Å². The monoisotopic (exact) mass is 486 g/mol. The van der Waals surface area contributed by atoms with E-state index in [-0.39, 0.29) is 18.9 Å². The second-order valence-electron chi connectivity index (χ2n) is 9.06. The number of carbonyl (C=O) groups is 3. The summed E-state index contributed by atoms with van der Waals surface area (Å²) in [5.74, 6) is -8.70. The van der Waals surface area contributed by atoms with E-state index in [0.717, 1.165) is 22.3 Å². The van der Waals surface area contributed by atoms with Gasteiger partial charge in [-0.3, -0.25) is 9.59 Å². The Morgan fingerprint density at radius 3 is 2.20 bits per heavy atom. The van der Waals surface area contributed by atoms with Crippen molar-refractivity contribution in [1.29, 1.82) is 0 Å². The normalized spacial score (nSPS) is 20.3. The number of hydrogen-bond donors (Lipinski definition) is 3. The van der Waals surface area contributed by atoms with Crippen molar-refractivity contribution in [2.75, 3.05) is 13.2 Å². The highest BCUT2D eigenvalue weighted by molar-refractivity contribution is 5.80. The number of ether oxygens (including phenoxy) is 1. The number of halogens is 2. The number of alkyl halides is 2. The molecule has 1 fully saturated rings. The van der Waals surface area contributed by atoms with Gasteiger partial charge in [-0.15, -0.1) is 0 Å². The molecule has 9 heteroatoms. The molecule has 35 heavy (non-hydrogen) atoms. The van der Waals surface area contributed by atoms with E-state index in [0.29, 0.717) is 12.8 Å². The lowest BCUT2D eigenvalue weighted by Gasteiger charge is -2.19. The highest BCUT2D eigenvalue weighted by Gasteiger charge is 2.72. The number of rotatable bonds is 10. The summed E-state index contributed by atoms with van der Waals surface area (Å²) in [6, 6.07) is 15.4. The summed E-state index contributed by atoms with van der Waals surface area (Å²) in [5.41, 5.74) is 4.40. The van der Waals surface area contributed by atoms with E-state index in [2.05, 4.69) is 10.6 Å². The van der Waals surface area contributed by atoms with Crippen molar-refractivity contribution in [3.05, 3.63) is 59.7 Å². The SMILES string of the molecule is CCC[C@@H](CC(=O)NCC1C(C(=O)O)C1(F)F)NC(=O)OCC1c2ccccc2-c2ccccc21. The van der Waals surface area contributed by atoms with Crippen LogP contribution in [0.5, 0.6) is 0 Å². The summed E-state index contributed by atoms with van der Waals surface area (Å²) >= 11 is 0. The highest BCUT2D eigenvalue weighted by atomic mass is 19.3. The predicted octanol–water partition coefficient (Wildman–Crippen LogP) is 4.17. The molecule has 7 nitrogen and oxygen atoms in total. The fraction of sp³-hybridized carbons (Fsp3) is 0.423. The molecule has 0 radical (unpaired) electrons. The van der Waals surface area contributed by atoms with Crippen LogP contribution < -0.4 is 10.6 Å². The molecule has 1 saturated carbocycles. The number of benzene rings is 2. The number of amides is 2. The second-order valence-corrected chi connectivity index (χ2v) is 9.06. The number of carbonyl (C=O) groups excluding carboxylic acids is 2. The Balaban J connectivity index is 1.29. The largest absolute Gasteiger partial charge is 0.481 e. The van der Waals surface area contributed by atoms with Crippen molar-refractivity contribution in [2.24, 2.45) is 11.8 Å². The molecule has 0 spiro atoms. The average molecular weight is 487 g/mol. The Bertz CT molecular complexity index is 1080. The standard InChI is InChI=1S/C26H28F2N2O5/c1-2-7-15(12-22(31)29-13-21-23(24(32)33)26(21,27)28)30-25(34)35-14-20-18-10-5-3-8-16(18)17-9-4-6-11-19(17)20/h3-6,8-11,15,20-21,23H,2,7,12-14H2,1H3,(H,29,31)(H,30,34)(H,32,33)/t15-,21?,23?/m0/s1. The van der Waals surface area contributed by atoms with Crippen molar-refractivity contribution in [1.82, 2.24) is 10.6 Å². The number of carboxylic acids is 1. The van der Waals surface area contributed by atoms with E-state index < -0.39 is 48.3 Å². The molecule has 0 aromatic heterocycles. The number of aliphatic carboxylic acids is 1. The van der Waals surface area contributed by atoms with E-state index in [1.807, 2.05) is 55.5 Å². The first-order valence-corrected chi connectivity index (χ1v) is 11.7. The predicted molar refractivity (Wildman–Crippen MR) is 124 cm³/mol. The fourth-order valence-corrected chi connectivity index (χ4v) is 4.88. The van der Waals surface area contributed by atoms with Gasteiger partial charge in [-0.2, -0.15) is 0 Å². The average Bonchev–Trinajstić information content (AvgIpc) is 3.23. The van der Waals surface area contributed by atoms with Crippen LogP contribution in [0.1, 0.15) is 43.2 Å². The Labute approximate surface area is 201 Å². The quantitative estimate of drug-likeness (QED) is 0.468. The van der Waals surface area contributed by atoms with Crippen molar-refractivity contribution >= 4 is 18.0 Å². The Morgan fingerprint density at radius 1 is 1.06 bits per heavy atom. The molecule has 186 valence electrons. The summed E-state index contributed by atoms with van der Waals surface area (Å²) in [6.07, 6.45) is 0.407. The first-order chi connectivity index (χ1) is 16.7. The molecule has 4 rings (SSSR count). The lowest BCUT2D eigenvalue weighted by atomic mass is 9.98. The van der Waals surface area contributed by atoms with Crippen LogP contribution in [0.25, 0.3) is 11.1 Å². The minimum absolute atomic E-state index is 0.0940. The molecule has 3 N–H and O–H groups in total. The zero-order valence-electron chi connectivity index (χ0n) is 19.3. The van der Waals surface area contributed by atoms with Gasteiger partial charge >= 0.3 is 12.1 Å². The van der Waals surface area contributed by atoms with Gasteiger partial charge in [0.1, 0.15) is 12.5 Å². The first kappa shape index (κ1) is 24.6. The van der Waals surface area contributed by atoms with Gasteiger partial charge < -0.3 is 20.5 Å². The molecule has 2 unspecified atom stereocenters. The summed E-state index contributed by atoms with van der Waals surface area (Å²) in [7, 11) is 0. The Kier molecular flexibility index (Phi) is 7.05. The van der Waals surface area contributed by atoms with Crippen molar-refractivity contribution in [2.45, 2.75) is 44.1 Å². The summed E-state index contributed by atoms with van der Waals surface area (Å²) < 4.78 is 32.5. The molecule has 2 amide bonds. The maximum absolute atomic E-state index is 13.5. The maximum Gasteiger partial charge on any atom is 0.407 e. The van der Waals surface area contributed by atoms with Crippen LogP contribution >= 0.6 is 0 Å². The molecule has 2 aliphatic carbocycles. The first-order valence-electron chi connectivity index (χ1n) is 11.7. The molecule has 2 aromatic carbocycles. The Morgan fingerprint density at radius 2 is 1.66 bits per heavy atom. The minimum atomic E-state index is -3.32. The van der Waals surface area contributed by atoms with Gasteiger partial charge in [0.15, 0.2) is 0 Å². The van der Waals surface area contributed by atoms with Crippen molar-refractivity contribution in [3.8, 4) is 11.1 Å². The maximum atomic E-state index is 13.5. The van der Waals surface area contributed by atoms with Crippen molar-refractivity contribution in [3.63, 3.8) is 0 Å². The van der Waals surface area contributed by atoms with Gasteiger partial charge in [0.05, 0.1) is 5.92 Å². The Hall–Kier alpha value is -3.49. The number of fused-ring (bicyclic) bond motifs is 3. The molecule has 0 heterocycles. The topological polar surface area (TPSA) is 105 Å². The summed E-state index contributed by atoms with van der Waals surface area (Å²) in [5, 5.41) is 13.9. The third-order valence-corrected chi connectivity index (χ3v) is 6.72. The summed E-state index contributed by atoms with van der Waals surface area (Å²) in [6.45, 7) is 1.61. The van der Waals surface area contributed by atoms with Gasteiger partial charge in [0.2, 0.25) is 5.91 Å². The highest BCUT2D eigenvalue weighted by Crippen LogP contribution is 2.54.